The van der Waals surface area contributed by atoms with Crippen molar-refractivity contribution in [1.82, 2.24) is 4.98 Å². The first kappa shape index (κ1) is 13.9. The van der Waals surface area contributed by atoms with Crippen molar-refractivity contribution in [2.24, 2.45) is 0 Å². The Morgan fingerprint density at radius 1 is 1.15 bits per heavy atom. The summed E-state index contributed by atoms with van der Waals surface area (Å²) in [6, 6.07) is 1.98. The lowest BCUT2D eigenvalue weighted by Crippen LogP contribution is -2.41. The molecule has 2 fully saturated rings. The first-order valence-electron chi connectivity index (χ1n) is 7.35. The predicted octanol–water partition coefficient (Wildman–Crippen LogP) is 2.31. The summed E-state index contributed by atoms with van der Waals surface area (Å²) in [4.78, 5) is 4.25. The molecule has 1 aliphatic carbocycles. The van der Waals surface area contributed by atoms with Crippen molar-refractivity contribution in [2.75, 3.05) is 0 Å². The molecule has 0 atom stereocenters. The highest BCUT2D eigenvalue weighted by Crippen LogP contribution is 2.36. The van der Waals surface area contributed by atoms with E-state index in [-0.39, 0.29) is 18.3 Å². The van der Waals surface area contributed by atoms with Gasteiger partial charge in [-0.1, -0.05) is 0 Å². The van der Waals surface area contributed by atoms with Gasteiger partial charge in [0.25, 0.3) is 0 Å². The topological polar surface area (TPSA) is 40.6 Å². The van der Waals surface area contributed by atoms with Gasteiger partial charge in [0.1, 0.15) is 5.75 Å². The number of rotatable bonds is 3. The average Bonchev–Trinajstić information content (AvgIpc) is 2.54. The number of ether oxygens (including phenoxy) is 1. The van der Waals surface area contributed by atoms with E-state index in [1.54, 1.807) is 12.4 Å². The summed E-state index contributed by atoms with van der Waals surface area (Å²) >= 11 is 0. The van der Waals surface area contributed by atoms with Crippen LogP contribution in [0.5, 0.6) is 5.75 Å². The Hall–Kier alpha value is -1.07. The second kappa shape index (κ2) is 4.74. The van der Waals surface area contributed by atoms with Gasteiger partial charge in [-0.05, 0) is 53.0 Å². The summed E-state index contributed by atoms with van der Waals surface area (Å²) in [5, 5.41) is 0. The zero-order valence-electron chi connectivity index (χ0n) is 12.7. The molecule has 1 aromatic rings. The van der Waals surface area contributed by atoms with Crippen molar-refractivity contribution in [1.29, 1.82) is 0 Å². The van der Waals surface area contributed by atoms with Crippen LogP contribution in [-0.4, -0.2) is 29.4 Å². The molecule has 2 heterocycles. The van der Waals surface area contributed by atoms with Gasteiger partial charge >= 0.3 is 7.12 Å². The third-order valence-electron chi connectivity index (χ3n) is 4.61. The minimum Gasteiger partial charge on any atom is -0.489 e. The van der Waals surface area contributed by atoms with Crippen molar-refractivity contribution >= 4 is 12.6 Å². The molecule has 1 saturated heterocycles. The molecule has 1 aromatic heterocycles. The second-order valence-corrected chi connectivity index (χ2v) is 6.71. The number of pyridine rings is 1. The summed E-state index contributed by atoms with van der Waals surface area (Å²) in [6.45, 7) is 8.20. The lowest BCUT2D eigenvalue weighted by molar-refractivity contribution is 0.00578. The van der Waals surface area contributed by atoms with E-state index in [0.29, 0.717) is 6.10 Å². The maximum Gasteiger partial charge on any atom is 0.496 e. The van der Waals surface area contributed by atoms with Gasteiger partial charge in [0, 0.05) is 11.7 Å². The molecule has 1 saturated carbocycles. The van der Waals surface area contributed by atoms with Crippen LogP contribution in [0, 0.1) is 0 Å². The molecule has 0 unspecified atom stereocenters. The molecule has 108 valence electrons. The van der Waals surface area contributed by atoms with Crippen LogP contribution in [0.1, 0.15) is 47.0 Å². The molecule has 2 aliphatic rings. The molecule has 1 aliphatic heterocycles. The van der Waals surface area contributed by atoms with E-state index < -0.39 is 0 Å². The van der Waals surface area contributed by atoms with E-state index in [2.05, 4.69) is 32.7 Å². The van der Waals surface area contributed by atoms with Gasteiger partial charge < -0.3 is 14.0 Å². The molecule has 3 rings (SSSR count). The fraction of sp³-hybridized carbons (Fsp3) is 0.667. The Morgan fingerprint density at radius 2 is 1.80 bits per heavy atom. The molecule has 0 bridgehead atoms. The van der Waals surface area contributed by atoms with E-state index >= 15 is 0 Å². The Labute approximate surface area is 121 Å². The minimum absolute atomic E-state index is 0.331. The van der Waals surface area contributed by atoms with Gasteiger partial charge in [0.15, 0.2) is 0 Å². The smallest absolute Gasteiger partial charge is 0.489 e. The normalized spacial score (nSPS) is 24.5. The highest BCUT2D eigenvalue weighted by Gasteiger charge is 2.51. The highest BCUT2D eigenvalue weighted by atomic mass is 16.7. The SMILES string of the molecule is CC1(C)OB(c2cncc(OC3CCC3)c2)OC1(C)C. The monoisotopic (exact) mass is 275 g/mol. The summed E-state index contributed by atoms with van der Waals surface area (Å²) in [6.07, 6.45) is 7.43. The van der Waals surface area contributed by atoms with E-state index in [1.165, 1.54) is 6.42 Å². The van der Waals surface area contributed by atoms with Gasteiger partial charge in [0.2, 0.25) is 0 Å². The largest absolute Gasteiger partial charge is 0.496 e. The fourth-order valence-corrected chi connectivity index (χ4v) is 2.29. The lowest BCUT2D eigenvalue weighted by atomic mass is 9.80. The van der Waals surface area contributed by atoms with Crippen LogP contribution in [0.3, 0.4) is 0 Å². The van der Waals surface area contributed by atoms with Gasteiger partial charge in [-0.2, -0.15) is 0 Å². The lowest BCUT2D eigenvalue weighted by Gasteiger charge is -2.32. The van der Waals surface area contributed by atoms with Gasteiger partial charge in [0.05, 0.1) is 23.5 Å². The van der Waals surface area contributed by atoms with Crippen LogP contribution in [0.15, 0.2) is 18.5 Å². The fourth-order valence-electron chi connectivity index (χ4n) is 2.29. The average molecular weight is 275 g/mol. The van der Waals surface area contributed by atoms with Crippen LogP contribution < -0.4 is 10.2 Å². The number of hydrogen-bond donors (Lipinski definition) is 0. The molecular weight excluding hydrogens is 253 g/mol. The maximum absolute atomic E-state index is 6.03. The van der Waals surface area contributed by atoms with Crippen LogP contribution in [0.4, 0.5) is 0 Å². The van der Waals surface area contributed by atoms with E-state index in [4.69, 9.17) is 14.0 Å². The zero-order valence-corrected chi connectivity index (χ0v) is 12.7. The second-order valence-electron chi connectivity index (χ2n) is 6.71. The molecule has 4 nitrogen and oxygen atoms in total. The van der Waals surface area contributed by atoms with Crippen LogP contribution in [0.25, 0.3) is 0 Å². The van der Waals surface area contributed by atoms with Gasteiger partial charge in [-0.3, -0.25) is 4.98 Å². The Balaban J connectivity index is 1.76. The zero-order chi connectivity index (χ0) is 14.4. The first-order chi connectivity index (χ1) is 9.37. The minimum atomic E-state index is -0.377. The predicted molar refractivity (Wildman–Crippen MR) is 78.2 cm³/mol. The molecule has 0 N–H and O–H groups in total. The van der Waals surface area contributed by atoms with E-state index in [0.717, 1.165) is 24.1 Å². The quantitative estimate of drug-likeness (QED) is 0.794. The van der Waals surface area contributed by atoms with Crippen molar-refractivity contribution < 1.29 is 14.0 Å². The van der Waals surface area contributed by atoms with Crippen molar-refractivity contribution in [3.8, 4) is 5.75 Å². The molecule has 20 heavy (non-hydrogen) atoms. The summed E-state index contributed by atoms with van der Waals surface area (Å²) in [5.41, 5.74) is 0.255. The molecule has 0 radical (unpaired) electrons. The van der Waals surface area contributed by atoms with Crippen molar-refractivity contribution in [3.05, 3.63) is 18.5 Å². The number of aromatic nitrogens is 1. The number of nitrogens with zero attached hydrogens (tertiary/aromatic N) is 1. The number of hydrogen-bond acceptors (Lipinski definition) is 4. The Morgan fingerprint density at radius 3 is 2.35 bits per heavy atom. The van der Waals surface area contributed by atoms with Gasteiger partial charge in [-0.25, -0.2) is 0 Å². The molecule has 5 heteroatoms. The van der Waals surface area contributed by atoms with Crippen molar-refractivity contribution in [2.45, 2.75) is 64.3 Å². The Kier molecular flexibility index (Phi) is 3.29. The van der Waals surface area contributed by atoms with E-state index in [9.17, 15) is 0 Å². The van der Waals surface area contributed by atoms with Crippen LogP contribution >= 0.6 is 0 Å². The molecular formula is C15H22BNO3. The van der Waals surface area contributed by atoms with Crippen LogP contribution in [0.2, 0.25) is 0 Å². The standard InChI is InChI=1S/C15H22BNO3/c1-14(2)15(3,4)20-16(19-14)11-8-13(10-17-9-11)18-12-6-5-7-12/h8-10,12H,5-7H2,1-4H3. The van der Waals surface area contributed by atoms with E-state index in [1.807, 2.05) is 6.07 Å². The molecule has 0 spiro atoms. The van der Waals surface area contributed by atoms with Gasteiger partial charge in [-0.15, -0.1) is 0 Å². The third-order valence-corrected chi connectivity index (χ3v) is 4.61. The summed E-state index contributed by atoms with van der Waals surface area (Å²) < 4.78 is 17.9. The first-order valence-corrected chi connectivity index (χ1v) is 7.35. The molecule has 0 aromatic carbocycles. The van der Waals surface area contributed by atoms with Crippen LogP contribution in [-0.2, 0) is 9.31 Å². The summed E-state index contributed by atoms with van der Waals surface area (Å²) in [5.74, 6) is 0.807. The third kappa shape index (κ3) is 2.45. The maximum atomic E-state index is 6.03. The highest BCUT2D eigenvalue weighted by molar-refractivity contribution is 6.62. The Bertz CT molecular complexity index is 484. The van der Waals surface area contributed by atoms with Crippen molar-refractivity contribution in [3.63, 3.8) is 0 Å². The summed E-state index contributed by atoms with van der Waals surface area (Å²) in [7, 11) is -0.377. The molecule has 0 amide bonds.